The van der Waals surface area contributed by atoms with Crippen molar-refractivity contribution >= 4 is 6.09 Å². The molecule has 1 aromatic heterocycles. The molecule has 1 atom stereocenters. The number of methoxy groups -OCH3 is 1. The first-order valence-electron chi connectivity index (χ1n) is 7.41. The predicted molar refractivity (Wildman–Crippen MR) is 87.4 cm³/mol. The molecule has 1 heterocycles. The lowest BCUT2D eigenvalue weighted by molar-refractivity contribution is 0.0510. The molecule has 2 rings (SSSR count). The number of benzene rings is 1. The first-order valence-corrected chi connectivity index (χ1v) is 7.41. The number of imidazole rings is 1. The highest BCUT2D eigenvalue weighted by atomic mass is 16.6. The van der Waals surface area contributed by atoms with E-state index in [2.05, 4.69) is 10.3 Å². The fourth-order valence-electron chi connectivity index (χ4n) is 2.17. The van der Waals surface area contributed by atoms with Crippen LogP contribution in [0.4, 0.5) is 4.79 Å². The van der Waals surface area contributed by atoms with Crippen LogP contribution in [0.25, 0.3) is 0 Å². The Morgan fingerprint density at radius 2 is 1.91 bits per heavy atom. The Bertz CT molecular complexity index is 656. The predicted octanol–water partition coefficient (Wildman–Crippen LogP) is 3.04. The number of rotatable bonds is 4. The topological polar surface area (TPSA) is 65.4 Å². The van der Waals surface area contributed by atoms with Crippen LogP contribution in [0.3, 0.4) is 0 Å². The van der Waals surface area contributed by atoms with Gasteiger partial charge in [0, 0.05) is 19.4 Å². The zero-order valence-corrected chi connectivity index (χ0v) is 14.2. The molecule has 1 aromatic carbocycles. The van der Waals surface area contributed by atoms with Gasteiger partial charge in [0.05, 0.1) is 7.11 Å². The molecule has 1 unspecified atom stereocenters. The van der Waals surface area contributed by atoms with Crippen LogP contribution >= 0.6 is 0 Å². The van der Waals surface area contributed by atoms with Crippen LogP contribution in [0, 0.1) is 0 Å². The van der Waals surface area contributed by atoms with Crippen molar-refractivity contribution in [1.29, 1.82) is 0 Å². The number of aryl methyl sites for hydroxylation is 1. The average molecular weight is 317 g/mol. The van der Waals surface area contributed by atoms with Crippen LogP contribution in [0.15, 0.2) is 36.7 Å². The number of carbonyl (C=O) groups excluding carboxylic acids is 1. The molecule has 23 heavy (non-hydrogen) atoms. The summed E-state index contributed by atoms with van der Waals surface area (Å²) in [5.74, 6) is 1.48. The minimum atomic E-state index is -0.559. The van der Waals surface area contributed by atoms with E-state index in [0.717, 1.165) is 17.1 Å². The molecule has 6 heteroatoms. The third kappa shape index (κ3) is 4.48. The SMILES string of the molecule is COc1ccc(C(NC(=O)OC(C)(C)C)c2nccn2C)cc1. The molecule has 6 nitrogen and oxygen atoms in total. The summed E-state index contributed by atoms with van der Waals surface area (Å²) in [5, 5.41) is 2.89. The van der Waals surface area contributed by atoms with Crippen LogP contribution in [0.1, 0.15) is 38.2 Å². The number of amides is 1. The molecule has 0 saturated heterocycles. The van der Waals surface area contributed by atoms with Crippen LogP contribution < -0.4 is 10.1 Å². The first-order chi connectivity index (χ1) is 10.8. The molecular formula is C17H23N3O3. The van der Waals surface area contributed by atoms with Crippen LogP contribution in [-0.2, 0) is 11.8 Å². The van der Waals surface area contributed by atoms with Crippen molar-refractivity contribution in [1.82, 2.24) is 14.9 Å². The molecule has 1 N–H and O–H groups in total. The van der Waals surface area contributed by atoms with Crippen LogP contribution in [0.2, 0.25) is 0 Å². The highest BCUT2D eigenvalue weighted by molar-refractivity contribution is 5.69. The van der Waals surface area contributed by atoms with Gasteiger partial charge in [-0.2, -0.15) is 0 Å². The largest absolute Gasteiger partial charge is 0.497 e. The Morgan fingerprint density at radius 3 is 2.39 bits per heavy atom. The quantitative estimate of drug-likeness (QED) is 0.941. The highest BCUT2D eigenvalue weighted by Crippen LogP contribution is 2.23. The number of nitrogens with zero attached hydrogens (tertiary/aromatic N) is 2. The van der Waals surface area contributed by atoms with E-state index in [1.165, 1.54) is 0 Å². The maximum atomic E-state index is 12.2. The Morgan fingerprint density at radius 1 is 1.26 bits per heavy atom. The molecule has 0 aliphatic heterocycles. The molecule has 0 spiro atoms. The fourth-order valence-corrected chi connectivity index (χ4v) is 2.17. The van der Waals surface area contributed by atoms with Gasteiger partial charge in [-0.15, -0.1) is 0 Å². The summed E-state index contributed by atoms with van der Waals surface area (Å²) in [5.41, 5.74) is 0.335. The van der Waals surface area contributed by atoms with Gasteiger partial charge in [0.1, 0.15) is 23.2 Å². The van der Waals surface area contributed by atoms with Gasteiger partial charge in [-0.1, -0.05) is 12.1 Å². The lowest BCUT2D eigenvalue weighted by Crippen LogP contribution is -2.36. The van der Waals surface area contributed by atoms with Crippen molar-refractivity contribution < 1.29 is 14.3 Å². The maximum Gasteiger partial charge on any atom is 0.408 e. The maximum absolute atomic E-state index is 12.2. The summed E-state index contributed by atoms with van der Waals surface area (Å²) < 4.78 is 12.4. The normalized spacial score (nSPS) is 12.6. The molecule has 0 radical (unpaired) electrons. The zero-order chi connectivity index (χ0) is 17.0. The first kappa shape index (κ1) is 16.9. The van der Waals surface area contributed by atoms with E-state index in [1.54, 1.807) is 13.3 Å². The monoisotopic (exact) mass is 317 g/mol. The lowest BCUT2D eigenvalue weighted by atomic mass is 10.1. The molecule has 0 saturated carbocycles. The Balaban J connectivity index is 2.29. The second-order valence-corrected chi connectivity index (χ2v) is 6.25. The third-order valence-corrected chi connectivity index (χ3v) is 3.23. The van der Waals surface area contributed by atoms with Crippen LogP contribution in [-0.4, -0.2) is 28.4 Å². The van der Waals surface area contributed by atoms with Gasteiger partial charge in [0.15, 0.2) is 0 Å². The summed E-state index contributed by atoms with van der Waals surface area (Å²) in [4.78, 5) is 16.5. The van der Waals surface area contributed by atoms with Crippen molar-refractivity contribution in [2.75, 3.05) is 7.11 Å². The van der Waals surface area contributed by atoms with Crippen LogP contribution in [0.5, 0.6) is 5.75 Å². The van der Waals surface area contributed by atoms with Gasteiger partial charge >= 0.3 is 6.09 Å². The smallest absolute Gasteiger partial charge is 0.408 e. The number of alkyl carbamates (subject to hydrolysis) is 1. The summed E-state index contributed by atoms with van der Waals surface area (Å²) in [6, 6.07) is 7.09. The molecule has 124 valence electrons. The number of hydrogen-bond acceptors (Lipinski definition) is 4. The second-order valence-electron chi connectivity index (χ2n) is 6.25. The summed E-state index contributed by atoms with van der Waals surface area (Å²) in [6.45, 7) is 5.49. The number of ether oxygens (including phenoxy) is 2. The molecule has 2 aromatic rings. The minimum Gasteiger partial charge on any atom is -0.497 e. The molecule has 0 aliphatic carbocycles. The van der Waals surface area contributed by atoms with Crippen molar-refractivity contribution in [3.05, 3.63) is 48.0 Å². The zero-order valence-electron chi connectivity index (χ0n) is 14.2. The van der Waals surface area contributed by atoms with Gasteiger partial charge in [0.2, 0.25) is 0 Å². The van der Waals surface area contributed by atoms with Crippen molar-refractivity contribution in [2.24, 2.45) is 7.05 Å². The van der Waals surface area contributed by atoms with E-state index in [9.17, 15) is 4.79 Å². The van der Waals surface area contributed by atoms with Crippen molar-refractivity contribution in [3.63, 3.8) is 0 Å². The Kier molecular flexibility index (Phi) is 4.93. The standard InChI is InChI=1S/C17H23N3O3/c1-17(2,3)23-16(21)19-14(15-18-10-11-20(15)4)12-6-8-13(22-5)9-7-12/h6-11,14H,1-5H3,(H,19,21). The molecule has 0 aliphatic rings. The van der Waals surface area contributed by atoms with Crippen molar-refractivity contribution in [2.45, 2.75) is 32.4 Å². The van der Waals surface area contributed by atoms with E-state index in [-0.39, 0.29) is 0 Å². The van der Waals surface area contributed by atoms with Gasteiger partial charge in [-0.05, 0) is 38.5 Å². The number of aromatic nitrogens is 2. The third-order valence-electron chi connectivity index (χ3n) is 3.23. The van der Waals surface area contributed by atoms with E-state index in [0.29, 0.717) is 0 Å². The molecule has 0 fully saturated rings. The Labute approximate surface area is 136 Å². The van der Waals surface area contributed by atoms with Gasteiger partial charge in [-0.3, -0.25) is 0 Å². The van der Waals surface area contributed by atoms with E-state index >= 15 is 0 Å². The van der Waals surface area contributed by atoms with Crippen molar-refractivity contribution in [3.8, 4) is 5.75 Å². The molecular weight excluding hydrogens is 294 g/mol. The Hall–Kier alpha value is -2.50. The molecule has 0 bridgehead atoms. The summed E-state index contributed by atoms with van der Waals surface area (Å²) in [7, 11) is 3.50. The average Bonchev–Trinajstić information content (AvgIpc) is 2.89. The number of hydrogen-bond donors (Lipinski definition) is 1. The number of nitrogens with one attached hydrogen (secondary N) is 1. The van der Waals surface area contributed by atoms with Gasteiger partial charge < -0.3 is 19.4 Å². The van der Waals surface area contributed by atoms with E-state index in [4.69, 9.17) is 9.47 Å². The summed E-state index contributed by atoms with van der Waals surface area (Å²) in [6.07, 6.45) is 3.05. The van der Waals surface area contributed by atoms with E-state index in [1.807, 2.05) is 62.8 Å². The number of carbonyl (C=O) groups is 1. The summed E-state index contributed by atoms with van der Waals surface area (Å²) >= 11 is 0. The van der Waals surface area contributed by atoms with Gasteiger partial charge in [-0.25, -0.2) is 9.78 Å². The highest BCUT2D eigenvalue weighted by Gasteiger charge is 2.24. The molecule has 1 amide bonds. The van der Waals surface area contributed by atoms with E-state index < -0.39 is 17.7 Å². The fraction of sp³-hybridized carbons (Fsp3) is 0.412. The minimum absolute atomic E-state index is 0.407. The lowest BCUT2D eigenvalue weighted by Gasteiger charge is -2.24. The second kappa shape index (κ2) is 6.73. The van der Waals surface area contributed by atoms with Gasteiger partial charge in [0.25, 0.3) is 0 Å².